The number of hydrogen-bond acceptors (Lipinski definition) is 3. The van der Waals surface area contributed by atoms with Crippen molar-refractivity contribution in [1.29, 1.82) is 0 Å². The van der Waals surface area contributed by atoms with Gasteiger partial charge in [-0.1, -0.05) is 0 Å². The molecule has 0 unspecified atom stereocenters. The molecule has 1 amide bonds. The van der Waals surface area contributed by atoms with Gasteiger partial charge in [0.1, 0.15) is 0 Å². The summed E-state index contributed by atoms with van der Waals surface area (Å²) in [5.41, 5.74) is 5.78. The molecule has 0 aromatic carbocycles. The van der Waals surface area contributed by atoms with Crippen molar-refractivity contribution >= 4 is 5.91 Å². The fraction of sp³-hybridized carbons (Fsp3) is 0.900. The van der Waals surface area contributed by atoms with E-state index in [0.717, 1.165) is 19.5 Å². The number of nitrogens with two attached hydrogens (primary N) is 1. The van der Waals surface area contributed by atoms with Gasteiger partial charge in [0.15, 0.2) is 0 Å². The molecule has 4 heteroatoms. The van der Waals surface area contributed by atoms with E-state index < -0.39 is 0 Å². The van der Waals surface area contributed by atoms with Gasteiger partial charge in [0.05, 0.1) is 6.54 Å². The fourth-order valence-electron chi connectivity index (χ4n) is 1.97. The minimum absolute atomic E-state index is 0.251. The quantitative estimate of drug-likeness (QED) is 0.672. The van der Waals surface area contributed by atoms with Crippen LogP contribution in [0.1, 0.15) is 19.3 Å². The standard InChI is InChI=1S/C10H19N3O/c1-12(9-2-3-9)10(14)7-13-5-4-8(11)6-13/h8-9H,2-7,11H2,1H3/t8-/m0/s1. The third kappa shape index (κ3) is 2.25. The van der Waals surface area contributed by atoms with Crippen LogP contribution in [-0.2, 0) is 4.79 Å². The molecule has 1 aliphatic carbocycles. The molecular formula is C10H19N3O. The molecule has 80 valence electrons. The monoisotopic (exact) mass is 197 g/mol. The van der Waals surface area contributed by atoms with Crippen LogP contribution in [0.4, 0.5) is 0 Å². The van der Waals surface area contributed by atoms with Crippen LogP contribution in [0.5, 0.6) is 0 Å². The highest BCUT2D eigenvalue weighted by atomic mass is 16.2. The smallest absolute Gasteiger partial charge is 0.236 e. The molecule has 2 fully saturated rings. The first kappa shape index (κ1) is 9.93. The van der Waals surface area contributed by atoms with Crippen LogP contribution >= 0.6 is 0 Å². The predicted octanol–water partition coefficient (Wildman–Crippen LogP) is -0.360. The van der Waals surface area contributed by atoms with Crippen molar-refractivity contribution in [2.45, 2.75) is 31.3 Å². The summed E-state index contributed by atoms with van der Waals surface area (Å²) in [6.07, 6.45) is 3.39. The number of likely N-dealkylation sites (N-methyl/N-ethyl adjacent to an activating group) is 1. The van der Waals surface area contributed by atoms with Crippen molar-refractivity contribution in [3.8, 4) is 0 Å². The molecule has 1 atom stereocenters. The Balaban J connectivity index is 1.76. The van der Waals surface area contributed by atoms with Gasteiger partial charge in [-0.2, -0.15) is 0 Å². The van der Waals surface area contributed by atoms with Gasteiger partial charge in [0.2, 0.25) is 5.91 Å². The number of likely N-dealkylation sites (tertiary alicyclic amines) is 1. The van der Waals surface area contributed by atoms with Crippen LogP contribution in [-0.4, -0.2) is 54.5 Å². The Morgan fingerprint density at radius 1 is 1.50 bits per heavy atom. The number of amides is 1. The highest BCUT2D eigenvalue weighted by Gasteiger charge is 2.31. The first-order valence-corrected chi connectivity index (χ1v) is 5.40. The van der Waals surface area contributed by atoms with Gasteiger partial charge in [0.25, 0.3) is 0 Å². The lowest BCUT2D eigenvalue weighted by Crippen LogP contribution is -2.39. The maximum Gasteiger partial charge on any atom is 0.236 e. The van der Waals surface area contributed by atoms with Crippen molar-refractivity contribution in [2.24, 2.45) is 5.73 Å². The van der Waals surface area contributed by atoms with Crippen molar-refractivity contribution in [3.63, 3.8) is 0 Å². The highest BCUT2D eigenvalue weighted by Crippen LogP contribution is 2.25. The largest absolute Gasteiger partial charge is 0.342 e. The Kier molecular flexibility index (Phi) is 2.74. The van der Waals surface area contributed by atoms with E-state index in [1.54, 1.807) is 0 Å². The summed E-state index contributed by atoms with van der Waals surface area (Å²) < 4.78 is 0. The lowest BCUT2D eigenvalue weighted by Gasteiger charge is -2.20. The van der Waals surface area contributed by atoms with Gasteiger partial charge < -0.3 is 10.6 Å². The van der Waals surface area contributed by atoms with Crippen molar-refractivity contribution in [2.75, 3.05) is 26.7 Å². The van der Waals surface area contributed by atoms with Crippen molar-refractivity contribution < 1.29 is 4.79 Å². The molecular weight excluding hydrogens is 178 g/mol. The van der Waals surface area contributed by atoms with E-state index in [9.17, 15) is 4.79 Å². The number of carbonyl (C=O) groups excluding carboxylic acids is 1. The fourth-order valence-corrected chi connectivity index (χ4v) is 1.97. The third-order valence-electron chi connectivity index (χ3n) is 3.16. The Morgan fingerprint density at radius 2 is 2.21 bits per heavy atom. The molecule has 2 N–H and O–H groups in total. The molecule has 1 aliphatic heterocycles. The summed E-state index contributed by atoms with van der Waals surface area (Å²) in [4.78, 5) is 15.8. The van der Waals surface area contributed by atoms with E-state index >= 15 is 0 Å². The zero-order valence-corrected chi connectivity index (χ0v) is 8.78. The van der Waals surface area contributed by atoms with Crippen molar-refractivity contribution in [3.05, 3.63) is 0 Å². The van der Waals surface area contributed by atoms with Crippen LogP contribution in [0.25, 0.3) is 0 Å². The third-order valence-corrected chi connectivity index (χ3v) is 3.16. The molecule has 14 heavy (non-hydrogen) atoms. The molecule has 0 bridgehead atoms. The summed E-state index contributed by atoms with van der Waals surface area (Å²) >= 11 is 0. The molecule has 0 aromatic heterocycles. The van der Waals surface area contributed by atoms with Crippen LogP contribution < -0.4 is 5.73 Å². The van der Waals surface area contributed by atoms with Gasteiger partial charge >= 0.3 is 0 Å². The lowest BCUT2D eigenvalue weighted by atomic mass is 10.3. The Labute approximate surface area is 85.0 Å². The average Bonchev–Trinajstić information content (AvgIpc) is 2.91. The molecule has 0 aromatic rings. The summed E-state index contributed by atoms with van der Waals surface area (Å²) in [5.74, 6) is 0.251. The van der Waals surface area contributed by atoms with E-state index in [4.69, 9.17) is 5.73 Å². The second kappa shape index (κ2) is 3.87. The van der Waals surface area contributed by atoms with E-state index in [1.807, 2.05) is 11.9 Å². The Bertz CT molecular complexity index is 227. The molecule has 4 nitrogen and oxygen atoms in total. The molecule has 1 saturated carbocycles. The predicted molar refractivity (Wildman–Crippen MR) is 54.8 cm³/mol. The van der Waals surface area contributed by atoms with Crippen LogP contribution in [0.15, 0.2) is 0 Å². The molecule has 0 spiro atoms. The number of rotatable bonds is 3. The summed E-state index contributed by atoms with van der Waals surface area (Å²) in [6.45, 7) is 2.41. The van der Waals surface area contributed by atoms with E-state index in [0.29, 0.717) is 12.6 Å². The first-order valence-electron chi connectivity index (χ1n) is 5.40. The number of nitrogens with zero attached hydrogens (tertiary/aromatic N) is 2. The van der Waals surface area contributed by atoms with Gasteiger partial charge in [0, 0.05) is 32.2 Å². The Morgan fingerprint density at radius 3 is 2.71 bits per heavy atom. The van der Waals surface area contributed by atoms with Crippen molar-refractivity contribution in [1.82, 2.24) is 9.80 Å². The second-order valence-corrected chi connectivity index (χ2v) is 4.52. The maximum absolute atomic E-state index is 11.7. The first-order chi connectivity index (χ1) is 6.66. The summed E-state index contributed by atoms with van der Waals surface area (Å²) in [5, 5.41) is 0. The molecule has 1 heterocycles. The zero-order chi connectivity index (χ0) is 10.1. The topological polar surface area (TPSA) is 49.6 Å². The molecule has 1 saturated heterocycles. The van der Waals surface area contributed by atoms with E-state index in [1.165, 1.54) is 12.8 Å². The molecule has 0 radical (unpaired) electrons. The number of hydrogen-bond donors (Lipinski definition) is 1. The van der Waals surface area contributed by atoms with Gasteiger partial charge in [-0.05, 0) is 19.3 Å². The Hall–Kier alpha value is -0.610. The maximum atomic E-state index is 11.7. The highest BCUT2D eigenvalue weighted by molar-refractivity contribution is 5.78. The lowest BCUT2D eigenvalue weighted by molar-refractivity contribution is -0.131. The van der Waals surface area contributed by atoms with Gasteiger partial charge in [-0.25, -0.2) is 0 Å². The summed E-state index contributed by atoms with van der Waals surface area (Å²) in [6, 6.07) is 0.799. The molecule has 2 rings (SSSR count). The minimum atomic E-state index is 0.251. The average molecular weight is 197 g/mol. The molecule has 2 aliphatic rings. The van der Waals surface area contributed by atoms with E-state index in [2.05, 4.69) is 4.90 Å². The normalized spacial score (nSPS) is 28.0. The minimum Gasteiger partial charge on any atom is -0.342 e. The second-order valence-electron chi connectivity index (χ2n) is 4.52. The number of carbonyl (C=O) groups is 1. The zero-order valence-electron chi connectivity index (χ0n) is 8.78. The van der Waals surface area contributed by atoms with Crippen LogP contribution in [0.2, 0.25) is 0 Å². The van der Waals surface area contributed by atoms with Crippen LogP contribution in [0, 0.1) is 0 Å². The van der Waals surface area contributed by atoms with E-state index in [-0.39, 0.29) is 11.9 Å². The SMILES string of the molecule is CN(C(=O)CN1CC[C@H](N)C1)C1CC1. The van der Waals surface area contributed by atoms with Crippen LogP contribution in [0.3, 0.4) is 0 Å². The van der Waals surface area contributed by atoms with Gasteiger partial charge in [-0.15, -0.1) is 0 Å². The van der Waals surface area contributed by atoms with Gasteiger partial charge in [-0.3, -0.25) is 9.69 Å². The summed E-state index contributed by atoms with van der Waals surface area (Å²) in [7, 11) is 1.91.